The minimum Gasteiger partial charge on any atom is -0.326 e. The number of halogens is 3. The molecule has 1 aliphatic heterocycles. The molecule has 1 N–H and O–H groups in total. The van der Waals surface area contributed by atoms with E-state index in [1.54, 1.807) is 24.3 Å². The first-order chi connectivity index (χ1) is 13.6. The first kappa shape index (κ1) is 19.8. The molecule has 1 saturated heterocycles. The number of hydrogen-bond acceptors (Lipinski definition) is 3. The Labute approximate surface area is 166 Å². The van der Waals surface area contributed by atoms with Crippen molar-refractivity contribution in [3.8, 4) is 0 Å². The predicted octanol–water partition coefficient (Wildman–Crippen LogP) is 3.99. The summed E-state index contributed by atoms with van der Waals surface area (Å²) in [4.78, 5) is 12.5. The van der Waals surface area contributed by atoms with Crippen molar-refractivity contribution in [1.82, 2.24) is 0 Å². The van der Waals surface area contributed by atoms with Gasteiger partial charge >= 0.3 is 6.18 Å². The highest BCUT2D eigenvalue weighted by Crippen LogP contribution is 2.48. The number of amides is 1. The maximum atomic E-state index is 12.7. The van der Waals surface area contributed by atoms with Gasteiger partial charge in [-0.1, -0.05) is 18.2 Å². The molecule has 1 aliphatic carbocycles. The minimum absolute atomic E-state index is 0.112. The van der Waals surface area contributed by atoms with E-state index < -0.39 is 21.8 Å². The third kappa shape index (κ3) is 4.10. The van der Waals surface area contributed by atoms with Crippen LogP contribution in [-0.2, 0) is 21.0 Å². The van der Waals surface area contributed by atoms with Crippen molar-refractivity contribution in [2.24, 2.45) is 5.92 Å². The maximum Gasteiger partial charge on any atom is 0.416 e. The molecule has 154 valence electrons. The molecular weight excluding hydrogens is 405 g/mol. The van der Waals surface area contributed by atoms with Gasteiger partial charge in [-0.2, -0.15) is 13.2 Å². The van der Waals surface area contributed by atoms with Crippen molar-refractivity contribution >= 4 is 27.3 Å². The molecule has 2 atom stereocenters. The molecule has 4 rings (SSSR count). The molecule has 2 fully saturated rings. The lowest BCUT2D eigenvalue weighted by Crippen LogP contribution is -2.25. The number of hydrogen-bond donors (Lipinski definition) is 1. The lowest BCUT2D eigenvalue weighted by Gasteiger charge is -2.17. The lowest BCUT2D eigenvalue weighted by molar-refractivity contribution is -0.137. The zero-order valence-corrected chi connectivity index (χ0v) is 16.1. The van der Waals surface area contributed by atoms with Crippen LogP contribution in [-0.4, -0.2) is 26.6 Å². The van der Waals surface area contributed by atoms with E-state index in [0.29, 0.717) is 36.3 Å². The Balaban J connectivity index is 1.41. The summed E-state index contributed by atoms with van der Waals surface area (Å²) in [6, 6.07) is 11.6. The van der Waals surface area contributed by atoms with Gasteiger partial charge in [0.15, 0.2) is 0 Å². The van der Waals surface area contributed by atoms with Gasteiger partial charge in [-0.3, -0.25) is 9.10 Å². The van der Waals surface area contributed by atoms with E-state index in [9.17, 15) is 26.4 Å². The summed E-state index contributed by atoms with van der Waals surface area (Å²) in [5.74, 6) is -0.540. The van der Waals surface area contributed by atoms with Gasteiger partial charge in [-0.15, -0.1) is 0 Å². The molecule has 0 bridgehead atoms. The highest BCUT2D eigenvalue weighted by Gasteiger charge is 2.44. The fourth-order valence-corrected chi connectivity index (χ4v) is 5.23. The van der Waals surface area contributed by atoms with Crippen LogP contribution in [0.2, 0.25) is 0 Å². The summed E-state index contributed by atoms with van der Waals surface area (Å²) in [5.41, 5.74) is 0.995. The van der Waals surface area contributed by atoms with Gasteiger partial charge in [0, 0.05) is 18.2 Å². The third-order valence-electron chi connectivity index (χ3n) is 5.29. The van der Waals surface area contributed by atoms with Crippen molar-refractivity contribution in [3.63, 3.8) is 0 Å². The normalized spacial score (nSPS) is 23.1. The zero-order valence-electron chi connectivity index (χ0n) is 15.3. The Hall–Kier alpha value is -2.55. The number of carbonyl (C=O) groups is 1. The summed E-state index contributed by atoms with van der Waals surface area (Å²) in [7, 11) is -3.31. The summed E-state index contributed by atoms with van der Waals surface area (Å²) in [5, 5.41) is 2.79. The van der Waals surface area contributed by atoms with Crippen LogP contribution in [0, 0.1) is 5.92 Å². The first-order valence-electron chi connectivity index (χ1n) is 9.24. The third-order valence-corrected chi connectivity index (χ3v) is 7.16. The Morgan fingerprint density at radius 3 is 2.45 bits per heavy atom. The average molecular weight is 424 g/mol. The summed E-state index contributed by atoms with van der Waals surface area (Å²) in [6.07, 6.45) is -3.25. The predicted molar refractivity (Wildman–Crippen MR) is 103 cm³/mol. The van der Waals surface area contributed by atoms with Crippen LogP contribution >= 0.6 is 0 Å². The molecule has 0 radical (unpaired) electrons. The summed E-state index contributed by atoms with van der Waals surface area (Å²) >= 11 is 0. The van der Waals surface area contributed by atoms with Crippen LogP contribution in [0.5, 0.6) is 0 Å². The van der Waals surface area contributed by atoms with Gasteiger partial charge in [0.25, 0.3) is 0 Å². The molecule has 9 heteroatoms. The monoisotopic (exact) mass is 424 g/mol. The smallest absolute Gasteiger partial charge is 0.326 e. The van der Waals surface area contributed by atoms with Gasteiger partial charge in [0.1, 0.15) is 0 Å². The average Bonchev–Trinajstić information content (AvgIpc) is 3.38. The SMILES string of the molecule is O=C(Nc1cccc(N2CCCS2(=O)=O)c1)C1CC1c1ccc(C(F)(F)F)cc1. The Morgan fingerprint density at radius 2 is 1.83 bits per heavy atom. The fourth-order valence-electron chi connectivity index (χ4n) is 3.68. The van der Waals surface area contributed by atoms with Gasteiger partial charge in [0.05, 0.1) is 17.0 Å². The quantitative estimate of drug-likeness (QED) is 0.807. The van der Waals surface area contributed by atoms with E-state index in [4.69, 9.17) is 0 Å². The minimum atomic E-state index is -4.38. The highest BCUT2D eigenvalue weighted by molar-refractivity contribution is 7.93. The number of alkyl halides is 3. The van der Waals surface area contributed by atoms with Crippen LogP contribution in [0.15, 0.2) is 48.5 Å². The second-order valence-electron chi connectivity index (χ2n) is 7.35. The Kier molecular flexibility index (Phi) is 4.80. The van der Waals surface area contributed by atoms with E-state index in [1.165, 1.54) is 16.4 Å². The fraction of sp³-hybridized carbons (Fsp3) is 0.350. The van der Waals surface area contributed by atoms with Crippen molar-refractivity contribution in [1.29, 1.82) is 0 Å². The van der Waals surface area contributed by atoms with Crippen molar-refractivity contribution < 1.29 is 26.4 Å². The van der Waals surface area contributed by atoms with E-state index in [-0.39, 0.29) is 23.5 Å². The van der Waals surface area contributed by atoms with Gasteiger partial charge in [-0.25, -0.2) is 8.42 Å². The van der Waals surface area contributed by atoms with Crippen LogP contribution in [0.25, 0.3) is 0 Å². The molecule has 5 nitrogen and oxygen atoms in total. The topological polar surface area (TPSA) is 66.5 Å². The summed E-state index contributed by atoms with van der Waals surface area (Å²) in [6.45, 7) is 0.415. The van der Waals surface area contributed by atoms with Gasteiger partial charge in [0.2, 0.25) is 15.9 Å². The maximum absolute atomic E-state index is 12.7. The molecular formula is C20H19F3N2O3S. The standard InChI is InChI=1S/C20H19F3N2O3S/c21-20(22,23)14-7-5-13(6-8-14)17-12-18(17)19(26)24-15-3-1-4-16(11-15)25-9-2-10-29(25,27)28/h1,3-8,11,17-18H,2,9-10,12H2,(H,24,26). The largest absolute Gasteiger partial charge is 0.416 e. The number of sulfonamides is 1. The molecule has 29 heavy (non-hydrogen) atoms. The number of rotatable bonds is 4. The molecule has 2 aliphatic rings. The van der Waals surface area contributed by atoms with Crippen LogP contribution in [0.1, 0.15) is 29.9 Å². The number of nitrogens with one attached hydrogen (secondary N) is 1. The molecule has 1 heterocycles. The van der Waals surface area contributed by atoms with Crippen LogP contribution in [0.3, 0.4) is 0 Å². The summed E-state index contributed by atoms with van der Waals surface area (Å²) < 4.78 is 63.5. The number of carbonyl (C=O) groups excluding carboxylic acids is 1. The van der Waals surface area contributed by atoms with Gasteiger partial charge < -0.3 is 5.32 Å². The number of nitrogens with zero attached hydrogens (tertiary/aromatic N) is 1. The van der Waals surface area contributed by atoms with Crippen molar-refractivity contribution in [2.75, 3.05) is 21.9 Å². The Morgan fingerprint density at radius 1 is 1.10 bits per heavy atom. The lowest BCUT2D eigenvalue weighted by atomic mass is 10.1. The first-order valence-corrected chi connectivity index (χ1v) is 10.8. The highest BCUT2D eigenvalue weighted by atomic mass is 32.2. The van der Waals surface area contributed by atoms with E-state index in [2.05, 4.69) is 5.32 Å². The molecule has 0 aromatic heterocycles. The van der Waals surface area contributed by atoms with Crippen LogP contribution in [0.4, 0.5) is 24.5 Å². The number of benzene rings is 2. The van der Waals surface area contributed by atoms with Crippen molar-refractivity contribution in [2.45, 2.75) is 24.9 Å². The second-order valence-corrected chi connectivity index (χ2v) is 9.36. The Bertz CT molecular complexity index is 1040. The van der Waals surface area contributed by atoms with E-state index in [0.717, 1.165) is 12.1 Å². The molecule has 1 saturated carbocycles. The van der Waals surface area contributed by atoms with E-state index >= 15 is 0 Å². The zero-order chi connectivity index (χ0) is 20.8. The van der Waals surface area contributed by atoms with Gasteiger partial charge in [-0.05, 0) is 54.7 Å². The van der Waals surface area contributed by atoms with Crippen molar-refractivity contribution in [3.05, 3.63) is 59.7 Å². The molecule has 0 spiro atoms. The second kappa shape index (κ2) is 7.05. The number of anilines is 2. The van der Waals surface area contributed by atoms with Crippen LogP contribution < -0.4 is 9.62 Å². The molecule has 2 aromatic carbocycles. The molecule has 2 unspecified atom stereocenters. The molecule has 2 aromatic rings. The molecule has 1 amide bonds. The van der Waals surface area contributed by atoms with E-state index in [1.807, 2.05) is 0 Å².